The molecule has 0 radical (unpaired) electrons. The van der Waals surface area contributed by atoms with Gasteiger partial charge in [-0.05, 0) is 36.5 Å². The summed E-state index contributed by atoms with van der Waals surface area (Å²) >= 11 is 0. The minimum absolute atomic E-state index is 0.817. The summed E-state index contributed by atoms with van der Waals surface area (Å²) in [5, 5.41) is 3.41. The molecule has 3 heterocycles. The number of nitrogens with zero attached hydrogens (tertiary/aromatic N) is 2. The van der Waals surface area contributed by atoms with Crippen LogP contribution in [0.15, 0.2) is 18.3 Å². The van der Waals surface area contributed by atoms with E-state index in [0.717, 1.165) is 31.1 Å². The van der Waals surface area contributed by atoms with Crippen molar-refractivity contribution in [3.05, 3.63) is 35.3 Å². The van der Waals surface area contributed by atoms with Crippen LogP contribution in [0.4, 0.5) is 0 Å². The summed E-state index contributed by atoms with van der Waals surface area (Å²) in [7, 11) is 0. The SMILES string of the molecule is c1cn2c3c(nc2cc1C1CC1)CCNC3. The molecule has 0 unspecified atom stereocenters. The van der Waals surface area contributed by atoms with E-state index in [2.05, 4.69) is 28.0 Å². The first-order valence-electron chi connectivity index (χ1n) is 6.12. The summed E-state index contributed by atoms with van der Waals surface area (Å²) in [6.45, 7) is 2.02. The summed E-state index contributed by atoms with van der Waals surface area (Å²) in [5.74, 6) is 0.817. The second kappa shape index (κ2) is 3.08. The molecule has 0 atom stereocenters. The molecule has 2 aromatic rings. The van der Waals surface area contributed by atoms with Crippen LogP contribution in [-0.2, 0) is 13.0 Å². The van der Waals surface area contributed by atoms with Crippen LogP contribution in [0.25, 0.3) is 5.65 Å². The maximum absolute atomic E-state index is 4.75. The van der Waals surface area contributed by atoms with E-state index >= 15 is 0 Å². The molecular weight excluding hydrogens is 198 g/mol. The Bertz CT molecular complexity index is 552. The fraction of sp³-hybridized carbons (Fsp3) is 0.462. The van der Waals surface area contributed by atoms with Crippen molar-refractivity contribution in [2.24, 2.45) is 0 Å². The van der Waals surface area contributed by atoms with E-state index in [1.54, 1.807) is 0 Å². The number of imidazole rings is 1. The topological polar surface area (TPSA) is 29.3 Å². The molecule has 0 saturated heterocycles. The van der Waals surface area contributed by atoms with Gasteiger partial charge in [0.05, 0.1) is 11.4 Å². The van der Waals surface area contributed by atoms with Gasteiger partial charge in [0, 0.05) is 25.7 Å². The third kappa shape index (κ3) is 1.21. The van der Waals surface area contributed by atoms with Crippen LogP contribution in [-0.4, -0.2) is 15.9 Å². The molecule has 0 aromatic carbocycles. The van der Waals surface area contributed by atoms with Crippen LogP contribution in [0, 0.1) is 0 Å². The molecule has 0 bridgehead atoms. The van der Waals surface area contributed by atoms with Crippen molar-refractivity contribution in [2.75, 3.05) is 6.54 Å². The maximum Gasteiger partial charge on any atom is 0.137 e. The standard InChI is InChI=1S/C13H15N3/c1-2-9(1)10-4-6-16-12-8-14-5-3-11(12)15-13(16)7-10/h4,6-7,9,14H,1-3,5,8H2. The first kappa shape index (κ1) is 8.76. The first-order valence-corrected chi connectivity index (χ1v) is 6.12. The van der Waals surface area contributed by atoms with Gasteiger partial charge in [-0.3, -0.25) is 0 Å². The summed E-state index contributed by atoms with van der Waals surface area (Å²) in [4.78, 5) is 4.75. The highest BCUT2D eigenvalue weighted by molar-refractivity contribution is 5.47. The second-order valence-electron chi connectivity index (χ2n) is 4.89. The fourth-order valence-corrected chi connectivity index (χ4v) is 2.63. The van der Waals surface area contributed by atoms with Crippen LogP contribution >= 0.6 is 0 Å². The third-order valence-corrected chi connectivity index (χ3v) is 3.71. The van der Waals surface area contributed by atoms with Crippen LogP contribution in [0.1, 0.15) is 35.7 Å². The summed E-state index contributed by atoms with van der Waals surface area (Å²) in [5.41, 5.74) is 5.25. The number of hydrogen-bond donors (Lipinski definition) is 1. The average Bonchev–Trinajstić information content (AvgIpc) is 3.10. The van der Waals surface area contributed by atoms with Gasteiger partial charge in [0.1, 0.15) is 5.65 Å². The average molecular weight is 213 g/mol. The third-order valence-electron chi connectivity index (χ3n) is 3.71. The van der Waals surface area contributed by atoms with Gasteiger partial charge in [0.2, 0.25) is 0 Å². The van der Waals surface area contributed by atoms with Crippen molar-refractivity contribution in [1.29, 1.82) is 0 Å². The molecule has 3 nitrogen and oxygen atoms in total. The lowest BCUT2D eigenvalue weighted by Crippen LogP contribution is -2.24. The Morgan fingerprint density at radius 3 is 3.19 bits per heavy atom. The van der Waals surface area contributed by atoms with E-state index in [-0.39, 0.29) is 0 Å². The summed E-state index contributed by atoms with van der Waals surface area (Å²) in [6, 6.07) is 4.54. The van der Waals surface area contributed by atoms with Crippen molar-refractivity contribution in [3.63, 3.8) is 0 Å². The Kier molecular flexibility index (Phi) is 1.68. The molecule has 2 aromatic heterocycles. The van der Waals surface area contributed by atoms with Crippen molar-refractivity contribution >= 4 is 5.65 Å². The molecule has 1 fully saturated rings. The quantitative estimate of drug-likeness (QED) is 0.783. The van der Waals surface area contributed by atoms with Crippen LogP contribution in [0.2, 0.25) is 0 Å². The predicted octanol–water partition coefficient (Wildman–Crippen LogP) is 1.86. The molecule has 0 spiro atoms. The van der Waals surface area contributed by atoms with E-state index in [1.807, 2.05) is 0 Å². The van der Waals surface area contributed by atoms with Gasteiger partial charge < -0.3 is 9.72 Å². The van der Waals surface area contributed by atoms with E-state index in [1.165, 1.54) is 29.8 Å². The Hall–Kier alpha value is -1.35. The van der Waals surface area contributed by atoms with Crippen molar-refractivity contribution in [1.82, 2.24) is 14.7 Å². The van der Waals surface area contributed by atoms with E-state index in [4.69, 9.17) is 4.98 Å². The zero-order chi connectivity index (χ0) is 10.5. The predicted molar refractivity (Wildman–Crippen MR) is 62.6 cm³/mol. The number of rotatable bonds is 1. The highest BCUT2D eigenvalue weighted by Crippen LogP contribution is 2.40. The lowest BCUT2D eigenvalue weighted by Gasteiger charge is -2.11. The van der Waals surface area contributed by atoms with Gasteiger partial charge in [-0.2, -0.15) is 0 Å². The Labute approximate surface area is 94.5 Å². The van der Waals surface area contributed by atoms with Gasteiger partial charge in [-0.15, -0.1) is 0 Å². The summed E-state index contributed by atoms with van der Waals surface area (Å²) < 4.78 is 2.24. The van der Waals surface area contributed by atoms with E-state index in [0.29, 0.717) is 0 Å². The molecule has 0 amide bonds. The minimum Gasteiger partial charge on any atom is -0.311 e. The van der Waals surface area contributed by atoms with E-state index in [9.17, 15) is 0 Å². The van der Waals surface area contributed by atoms with Crippen LogP contribution in [0.5, 0.6) is 0 Å². The normalized spacial score (nSPS) is 20.0. The number of fused-ring (bicyclic) bond motifs is 3. The second-order valence-corrected chi connectivity index (χ2v) is 4.89. The molecule has 1 aliphatic carbocycles. The van der Waals surface area contributed by atoms with Gasteiger partial charge in [0.25, 0.3) is 0 Å². The molecule has 2 aliphatic rings. The monoisotopic (exact) mass is 213 g/mol. The first-order chi connectivity index (χ1) is 7.92. The van der Waals surface area contributed by atoms with Gasteiger partial charge in [-0.1, -0.05) is 0 Å². The molecule has 4 rings (SSSR count). The molecular formula is C13H15N3. The van der Waals surface area contributed by atoms with Gasteiger partial charge in [-0.25, -0.2) is 4.98 Å². The van der Waals surface area contributed by atoms with Crippen LogP contribution in [0.3, 0.4) is 0 Å². The molecule has 82 valence electrons. The maximum atomic E-state index is 4.75. The van der Waals surface area contributed by atoms with Gasteiger partial charge >= 0.3 is 0 Å². The lowest BCUT2D eigenvalue weighted by molar-refractivity contribution is 0.621. The molecule has 16 heavy (non-hydrogen) atoms. The summed E-state index contributed by atoms with van der Waals surface area (Å²) in [6.07, 6.45) is 5.98. The van der Waals surface area contributed by atoms with Crippen molar-refractivity contribution in [3.8, 4) is 0 Å². The Morgan fingerprint density at radius 2 is 2.31 bits per heavy atom. The number of hydrogen-bond acceptors (Lipinski definition) is 2. The molecule has 1 N–H and O–H groups in total. The smallest absolute Gasteiger partial charge is 0.137 e. The lowest BCUT2D eigenvalue weighted by atomic mass is 10.2. The molecule has 3 heteroatoms. The van der Waals surface area contributed by atoms with Crippen molar-refractivity contribution in [2.45, 2.75) is 31.7 Å². The Balaban J connectivity index is 1.91. The Morgan fingerprint density at radius 1 is 1.38 bits per heavy atom. The van der Waals surface area contributed by atoms with Crippen molar-refractivity contribution < 1.29 is 0 Å². The highest BCUT2D eigenvalue weighted by Gasteiger charge is 2.24. The largest absolute Gasteiger partial charge is 0.311 e. The minimum atomic E-state index is 0.817. The zero-order valence-electron chi connectivity index (χ0n) is 9.24. The molecule has 1 aliphatic heterocycles. The number of pyridine rings is 1. The fourth-order valence-electron chi connectivity index (χ4n) is 2.63. The number of aromatic nitrogens is 2. The highest BCUT2D eigenvalue weighted by atomic mass is 15.1. The van der Waals surface area contributed by atoms with E-state index < -0.39 is 0 Å². The van der Waals surface area contributed by atoms with Gasteiger partial charge in [0.15, 0.2) is 0 Å². The zero-order valence-corrected chi connectivity index (χ0v) is 9.24. The molecule has 1 saturated carbocycles. The van der Waals surface area contributed by atoms with Crippen LogP contribution < -0.4 is 5.32 Å². The number of nitrogens with one attached hydrogen (secondary N) is 1.